The minimum Gasteiger partial charge on any atom is -0.478 e. The van der Waals surface area contributed by atoms with Gasteiger partial charge in [-0.05, 0) is 46.6 Å². The summed E-state index contributed by atoms with van der Waals surface area (Å²) in [5.41, 5.74) is 0.0717. The van der Waals surface area contributed by atoms with Crippen molar-refractivity contribution in [3.8, 4) is 5.75 Å². The van der Waals surface area contributed by atoms with Crippen LogP contribution in [0.2, 0.25) is 0 Å². The van der Waals surface area contributed by atoms with Gasteiger partial charge in [0.05, 0.1) is 4.70 Å². The largest absolute Gasteiger partial charge is 0.478 e. The predicted octanol–water partition coefficient (Wildman–Crippen LogP) is 4.92. The van der Waals surface area contributed by atoms with Crippen LogP contribution in [0.25, 0.3) is 20.2 Å². The minimum absolute atomic E-state index is 0.0399. The van der Waals surface area contributed by atoms with Crippen molar-refractivity contribution >= 4 is 47.4 Å². The second-order valence-electron chi connectivity index (χ2n) is 4.50. The van der Waals surface area contributed by atoms with Gasteiger partial charge in [-0.2, -0.15) is 0 Å². The van der Waals surface area contributed by atoms with Crippen molar-refractivity contribution in [2.75, 3.05) is 0 Å². The lowest BCUT2D eigenvalue weighted by Crippen LogP contribution is -2.07. The van der Waals surface area contributed by atoms with Crippen LogP contribution in [0, 0.1) is 0 Å². The molecule has 0 fully saturated rings. The van der Waals surface area contributed by atoms with E-state index in [-0.39, 0.29) is 10.4 Å². The second-order valence-corrected chi connectivity index (χ2v) is 6.57. The molecule has 3 rings (SSSR count). The molecule has 0 saturated carbocycles. The summed E-state index contributed by atoms with van der Waals surface area (Å²) in [5.74, 6) is 0.763. The molecule has 0 saturated heterocycles. The Morgan fingerprint density at radius 1 is 1.15 bits per heavy atom. The third kappa shape index (κ3) is 2.34. The molecule has 1 aromatic heterocycles. The molecule has 1 atom stereocenters. The first-order valence-corrected chi connectivity index (χ1v) is 8.19. The fourth-order valence-electron chi connectivity index (χ4n) is 2.11. The summed E-state index contributed by atoms with van der Waals surface area (Å²) in [4.78, 5) is 12.5. The van der Waals surface area contributed by atoms with Gasteiger partial charge in [-0.1, -0.05) is 25.1 Å². The molecule has 0 aliphatic carbocycles. The molecule has 0 spiro atoms. The fourth-order valence-corrected chi connectivity index (χ4v) is 3.44. The third-order valence-electron chi connectivity index (χ3n) is 3.14. The molecule has 4 heteroatoms. The summed E-state index contributed by atoms with van der Waals surface area (Å²) >= 11 is 5.07. The zero-order chi connectivity index (χ0) is 14.1. The molecule has 2 aromatic carbocycles. The van der Waals surface area contributed by atoms with Crippen LogP contribution in [-0.4, -0.2) is 5.01 Å². The topological polar surface area (TPSA) is 26.3 Å². The number of halogens is 1. The number of hydrogen-bond donors (Lipinski definition) is 0. The van der Waals surface area contributed by atoms with E-state index in [0.29, 0.717) is 0 Å². The predicted molar refractivity (Wildman–Crippen MR) is 89.2 cm³/mol. The van der Waals surface area contributed by atoms with Gasteiger partial charge in [0.15, 0.2) is 10.4 Å². The highest BCUT2D eigenvalue weighted by atomic mass is 79.9. The smallest absolute Gasteiger partial charge is 0.196 e. The first-order valence-electron chi connectivity index (χ1n) is 6.46. The van der Waals surface area contributed by atoms with E-state index in [0.717, 1.165) is 32.3 Å². The summed E-state index contributed by atoms with van der Waals surface area (Å²) in [6.07, 6.45) is 0.860. The average molecular weight is 349 g/mol. The maximum Gasteiger partial charge on any atom is 0.196 e. The standard InChI is InChI=1S/C16H13BrO2S/c1-2-14(17)19-12-8-5-7-11-15(18)10-6-3-4-9-13(10)20-16(11)12/h3-9,14H,2H2,1H3. The molecule has 0 amide bonds. The van der Waals surface area contributed by atoms with E-state index >= 15 is 0 Å². The van der Waals surface area contributed by atoms with Crippen molar-refractivity contribution in [2.45, 2.75) is 18.4 Å². The molecule has 0 bridgehead atoms. The Morgan fingerprint density at radius 2 is 1.90 bits per heavy atom. The van der Waals surface area contributed by atoms with Gasteiger partial charge in [-0.15, -0.1) is 11.3 Å². The summed E-state index contributed by atoms with van der Waals surface area (Å²) < 4.78 is 7.77. The van der Waals surface area contributed by atoms with E-state index in [9.17, 15) is 4.79 Å². The van der Waals surface area contributed by atoms with Gasteiger partial charge in [-0.3, -0.25) is 4.79 Å². The van der Waals surface area contributed by atoms with E-state index in [1.807, 2.05) is 49.4 Å². The first kappa shape index (κ1) is 13.6. The Bertz CT molecular complexity index is 825. The van der Waals surface area contributed by atoms with Crippen LogP contribution < -0.4 is 10.2 Å². The molecule has 1 unspecified atom stereocenters. The number of ether oxygens (including phenoxy) is 1. The van der Waals surface area contributed by atoms with Crippen LogP contribution in [0.15, 0.2) is 47.3 Å². The molecule has 20 heavy (non-hydrogen) atoms. The number of rotatable bonds is 3. The Kier molecular flexibility index (Phi) is 3.76. The molecule has 1 heterocycles. The van der Waals surface area contributed by atoms with E-state index in [1.54, 1.807) is 11.3 Å². The van der Waals surface area contributed by atoms with Crippen molar-refractivity contribution in [1.82, 2.24) is 0 Å². The quantitative estimate of drug-likeness (QED) is 0.495. The van der Waals surface area contributed by atoms with Crippen molar-refractivity contribution in [1.29, 1.82) is 0 Å². The number of fused-ring (bicyclic) bond motifs is 2. The van der Waals surface area contributed by atoms with E-state index < -0.39 is 0 Å². The highest BCUT2D eigenvalue weighted by molar-refractivity contribution is 9.09. The van der Waals surface area contributed by atoms with Crippen LogP contribution in [0.3, 0.4) is 0 Å². The highest BCUT2D eigenvalue weighted by Crippen LogP contribution is 2.33. The number of benzene rings is 2. The summed E-state index contributed by atoms with van der Waals surface area (Å²) in [6.45, 7) is 2.04. The van der Waals surface area contributed by atoms with Crippen LogP contribution >= 0.6 is 27.3 Å². The van der Waals surface area contributed by atoms with E-state index in [2.05, 4.69) is 15.9 Å². The van der Waals surface area contributed by atoms with Crippen LogP contribution in [0.5, 0.6) is 5.75 Å². The van der Waals surface area contributed by atoms with Gasteiger partial charge < -0.3 is 4.74 Å². The third-order valence-corrected chi connectivity index (χ3v) is 5.18. The molecule has 102 valence electrons. The molecule has 3 aromatic rings. The average Bonchev–Trinajstić information content (AvgIpc) is 2.48. The lowest BCUT2D eigenvalue weighted by Gasteiger charge is -2.13. The van der Waals surface area contributed by atoms with Crippen LogP contribution in [-0.2, 0) is 0 Å². The summed E-state index contributed by atoms with van der Waals surface area (Å²) in [7, 11) is 0. The van der Waals surface area contributed by atoms with Crippen molar-refractivity contribution in [2.24, 2.45) is 0 Å². The van der Waals surface area contributed by atoms with Crippen molar-refractivity contribution < 1.29 is 4.74 Å². The Balaban J connectivity index is 2.31. The SMILES string of the molecule is CCC(Br)Oc1cccc2c(=O)c3ccccc3sc12. The molecule has 0 aliphatic heterocycles. The molecule has 2 nitrogen and oxygen atoms in total. The molecule has 0 N–H and O–H groups in total. The zero-order valence-corrected chi connectivity index (χ0v) is 13.3. The normalized spacial score (nSPS) is 12.7. The van der Waals surface area contributed by atoms with E-state index in [1.165, 1.54) is 0 Å². The fraction of sp³-hybridized carbons (Fsp3) is 0.188. The minimum atomic E-state index is -0.0399. The summed E-state index contributed by atoms with van der Waals surface area (Å²) in [6, 6.07) is 13.3. The lowest BCUT2D eigenvalue weighted by molar-refractivity contribution is 0.294. The van der Waals surface area contributed by atoms with Crippen LogP contribution in [0.1, 0.15) is 13.3 Å². The Hall–Kier alpha value is -1.39. The molecular weight excluding hydrogens is 336 g/mol. The number of alkyl halides is 1. The maximum absolute atomic E-state index is 12.5. The van der Waals surface area contributed by atoms with Gasteiger partial charge >= 0.3 is 0 Å². The molecule has 0 aliphatic rings. The first-order chi connectivity index (χ1) is 9.70. The van der Waals surface area contributed by atoms with Gasteiger partial charge in [0.25, 0.3) is 0 Å². The second kappa shape index (κ2) is 5.54. The van der Waals surface area contributed by atoms with Gasteiger partial charge in [-0.25, -0.2) is 0 Å². The van der Waals surface area contributed by atoms with Crippen molar-refractivity contribution in [3.05, 3.63) is 52.7 Å². The van der Waals surface area contributed by atoms with E-state index in [4.69, 9.17) is 4.74 Å². The Labute approximate surface area is 129 Å². The summed E-state index contributed by atoms with van der Waals surface area (Å²) in [5, 5.41) is 1.46. The maximum atomic E-state index is 12.5. The van der Waals surface area contributed by atoms with Gasteiger partial charge in [0.2, 0.25) is 0 Å². The van der Waals surface area contributed by atoms with Gasteiger partial charge in [0, 0.05) is 15.5 Å². The van der Waals surface area contributed by atoms with Gasteiger partial charge in [0.1, 0.15) is 5.75 Å². The molecule has 0 radical (unpaired) electrons. The number of hydrogen-bond acceptors (Lipinski definition) is 3. The van der Waals surface area contributed by atoms with Crippen LogP contribution in [0.4, 0.5) is 0 Å². The Morgan fingerprint density at radius 3 is 2.70 bits per heavy atom. The van der Waals surface area contributed by atoms with Crippen molar-refractivity contribution in [3.63, 3.8) is 0 Å². The highest BCUT2D eigenvalue weighted by Gasteiger charge is 2.11. The molecular formula is C16H13BrO2S. The zero-order valence-electron chi connectivity index (χ0n) is 10.9. The monoisotopic (exact) mass is 348 g/mol. The lowest BCUT2D eigenvalue weighted by atomic mass is 10.2.